The molecule has 0 unspecified atom stereocenters. The molecule has 0 fully saturated rings. The third kappa shape index (κ3) is 5.44. The quantitative estimate of drug-likeness (QED) is 0.741. The number of rotatable bonds is 6. The summed E-state index contributed by atoms with van der Waals surface area (Å²) >= 11 is 0. The van der Waals surface area contributed by atoms with Gasteiger partial charge in [0, 0.05) is 19.8 Å². The van der Waals surface area contributed by atoms with Gasteiger partial charge in [-0.3, -0.25) is 9.48 Å². The van der Waals surface area contributed by atoms with Gasteiger partial charge < -0.3 is 9.64 Å². The minimum absolute atomic E-state index is 0.0102. The zero-order valence-electron chi connectivity index (χ0n) is 13.0. The lowest BCUT2D eigenvalue weighted by Gasteiger charge is -2.17. The molecule has 25 heavy (non-hydrogen) atoms. The fourth-order valence-corrected chi connectivity index (χ4v) is 2.00. The predicted octanol–water partition coefficient (Wildman–Crippen LogP) is 3.16. The maximum absolute atomic E-state index is 12.5. The monoisotopic (exact) mass is 363 g/mol. The van der Waals surface area contributed by atoms with Crippen molar-refractivity contribution in [3.8, 4) is 5.75 Å². The summed E-state index contributed by atoms with van der Waals surface area (Å²) < 4.78 is 66.7. The molecular formula is C15H14F5N3O2. The van der Waals surface area contributed by atoms with E-state index in [0.29, 0.717) is 5.56 Å². The van der Waals surface area contributed by atoms with Gasteiger partial charge in [-0.15, -0.1) is 0 Å². The molecule has 136 valence electrons. The molecule has 2 aromatic rings. The molecule has 0 radical (unpaired) electrons. The van der Waals surface area contributed by atoms with Crippen LogP contribution < -0.4 is 4.74 Å². The summed E-state index contributed by atoms with van der Waals surface area (Å²) in [4.78, 5) is 13.3. The Bertz CT molecular complexity index is 713. The van der Waals surface area contributed by atoms with Crippen molar-refractivity contribution in [3.63, 3.8) is 0 Å². The van der Waals surface area contributed by atoms with Crippen LogP contribution in [0.2, 0.25) is 0 Å². The third-order valence-corrected chi connectivity index (χ3v) is 3.22. The molecule has 0 spiro atoms. The number of likely N-dealkylation sites (N-methyl/N-ethyl adjacent to an activating group) is 1. The fraction of sp³-hybridized carbons (Fsp3) is 0.333. The standard InChI is InChI=1S/C15H14F5N3O2/c1-22(8-10-2-4-11(5-3-10)25-14(16)17)13(24)9-23-7-6-12(21-23)15(18,19)20/h2-7,14H,8-9H2,1H3. The summed E-state index contributed by atoms with van der Waals surface area (Å²) in [7, 11) is 1.47. The summed E-state index contributed by atoms with van der Waals surface area (Å²) in [5.74, 6) is -0.464. The van der Waals surface area contributed by atoms with E-state index in [1.165, 1.54) is 36.2 Å². The number of carbonyl (C=O) groups excluding carboxylic acids is 1. The number of hydrogen-bond donors (Lipinski definition) is 0. The van der Waals surface area contributed by atoms with Gasteiger partial charge in [0.2, 0.25) is 5.91 Å². The van der Waals surface area contributed by atoms with Crippen LogP contribution in [0.5, 0.6) is 5.75 Å². The van der Waals surface area contributed by atoms with E-state index in [2.05, 4.69) is 9.84 Å². The zero-order valence-corrected chi connectivity index (χ0v) is 13.0. The lowest BCUT2D eigenvalue weighted by atomic mass is 10.2. The molecule has 1 aromatic heterocycles. The van der Waals surface area contributed by atoms with Crippen LogP contribution in [0.25, 0.3) is 0 Å². The summed E-state index contributed by atoms with van der Waals surface area (Å²) in [6.45, 7) is -3.12. The van der Waals surface area contributed by atoms with E-state index in [1.54, 1.807) is 0 Å². The van der Waals surface area contributed by atoms with Crippen molar-refractivity contribution in [2.24, 2.45) is 0 Å². The summed E-state index contributed by atoms with van der Waals surface area (Å²) in [6.07, 6.45) is -3.49. The first-order valence-electron chi connectivity index (χ1n) is 7.03. The Balaban J connectivity index is 1.92. The maximum atomic E-state index is 12.5. The molecule has 0 N–H and O–H groups in total. The van der Waals surface area contributed by atoms with E-state index >= 15 is 0 Å². The molecule has 0 atom stereocenters. The summed E-state index contributed by atoms with van der Waals surface area (Å²) in [5, 5.41) is 3.31. The second-order valence-electron chi connectivity index (χ2n) is 5.17. The van der Waals surface area contributed by atoms with Gasteiger partial charge >= 0.3 is 12.8 Å². The van der Waals surface area contributed by atoms with Crippen LogP contribution in [0.4, 0.5) is 22.0 Å². The van der Waals surface area contributed by atoms with Gasteiger partial charge in [-0.1, -0.05) is 12.1 Å². The molecule has 0 saturated heterocycles. The lowest BCUT2D eigenvalue weighted by Crippen LogP contribution is -2.30. The Morgan fingerprint density at radius 1 is 1.24 bits per heavy atom. The highest BCUT2D eigenvalue weighted by Gasteiger charge is 2.33. The molecule has 2 rings (SSSR count). The predicted molar refractivity (Wildman–Crippen MR) is 76.8 cm³/mol. The Morgan fingerprint density at radius 3 is 2.40 bits per heavy atom. The molecule has 1 aromatic carbocycles. The first kappa shape index (κ1) is 18.7. The first-order chi connectivity index (χ1) is 11.6. The molecule has 10 heteroatoms. The molecule has 1 amide bonds. The highest BCUT2D eigenvalue weighted by Crippen LogP contribution is 2.27. The average Bonchev–Trinajstić information content (AvgIpc) is 2.97. The number of carbonyl (C=O) groups is 1. The van der Waals surface area contributed by atoms with Crippen LogP contribution in [0, 0.1) is 0 Å². The molecule has 0 aliphatic heterocycles. The summed E-state index contributed by atoms with van der Waals surface area (Å²) in [5.41, 5.74) is -0.425. The first-order valence-corrected chi connectivity index (χ1v) is 7.03. The van der Waals surface area contributed by atoms with Gasteiger partial charge in [0.05, 0.1) is 0 Å². The van der Waals surface area contributed by atoms with E-state index < -0.39 is 24.4 Å². The van der Waals surface area contributed by atoms with E-state index in [9.17, 15) is 26.7 Å². The van der Waals surface area contributed by atoms with Crippen molar-refractivity contribution >= 4 is 5.91 Å². The van der Waals surface area contributed by atoms with Crippen molar-refractivity contribution in [2.45, 2.75) is 25.9 Å². The molecule has 5 nitrogen and oxygen atoms in total. The largest absolute Gasteiger partial charge is 0.435 e. The smallest absolute Gasteiger partial charge is 0.435 e. The van der Waals surface area contributed by atoms with Crippen LogP contribution in [0.1, 0.15) is 11.3 Å². The Labute approximate surface area is 139 Å². The van der Waals surface area contributed by atoms with Gasteiger partial charge in [0.25, 0.3) is 0 Å². The molecule has 0 aliphatic rings. The van der Waals surface area contributed by atoms with Crippen molar-refractivity contribution in [2.75, 3.05) is 7.05 Å². The van der Waals surface area contributed by atoms with Crippen molar-refractivity contribution < 1.29 is 31.5 Å². The van der Waals surface area contributed by atoms with Crippen LogP contribution in [0.3, 0.4) is 0 Å². The number of nitrogens with zero attached hydrogens (tertiary/aromatic N) is 3. The van der Waals surface area contributed by atoms with E-state index in [-0.39, 0.29) is 18.8 Å². The van der Waals surface area contributed by atoms with Gasteiger partial charge in [-0.05, 0) is 23.8 Å². The highest BCUT2D eigenvalue weighted by molar-refractivity contribution is 5.75. The van der Waals surface area contributed by atoms with Gasteiger partial charge in [0.15, 0.2) is 5.69 Å². The van der Waals surface area contributed by atoms with Gasteiger partial charge in [-0.2, -0.15) is 27.1 Å². The van der Waals surface area contributed by atoms with E-state index in [4.69, 9.17) is 0 Å². The zero-order chi connectivity index (χ0) is 18.6. The second-order valence-corrected chi connectivity index (χ2v) is 5.17. The van der Waals surface area contributed by atoms with Crippen LogP contribution in [-0.2, 0) is 24.1 Å². The van der Waals surface area contributed by atoms with Crippen LogP contribution >= 0.6 is 0 Å². The van der Waals surface area contributed by atoms with Gasteiger partial charge in [0.1, 0.15) is 12.3 Å². The SMILES string of the molecule is CN(Cc1ccc(OC(F)F)cc1)C(=O)Cn1ccc(C(F)(F)F)n1. The average molecular weight is 363 g/mol. The Morgan fingerprint density at radius 2 is 1.88 bits per heavy atom. The van der Waals surface area contributed by atoms with E-state index in [1.807, 2.05) is 0 Å². The number of aromatic nitrogens is 2. The fourth-order valence-electron chi connectivity index (χ4n) is 2.00. The normalized spacial score (nSPS) is 11.6. The minimum Gasteiger partial charge on any atom is -0.435 e. The van der Waals surface area contributed by atoms with E-state index in [0.717, 1.165) is 16.9 Å². The van der Waals surface area contributed by atoms with Crippen molar-refractivity contribution in [3.05, 3.63) is 47.8 Å². The summed E-state index contributed by atoms with van der Waals surface area (Å²) in [6, 6.07) is 6.48. The number of amides is 1. The maximum Gasteiger partial charge on any atom is 0.435 e. The topological polar surface area (TPSA) is 47.4 Å². The lowest BCUT2D eigenvalue weighted by molar-refractivity contribution is -0.142. The Hall–Kier alpha value is -2.65. The van der Waals surface area contributed by atoms with Gasteiger partial charge in [-0.25, -0.2) is 0 Å². The van der Waals surface area contributed by atoms with Crippen molar-refractivity contribution in [1.82, 2.24) is 14.7 Å². The molecule has 0 aliphatic carbocycles. The molecule has 0 saturated carbocycles. The van der Waals surface area contributed by atoms with Crippen LogP contribution in [-0.4, -0.2) is 34.2 Å². The second kappa shape index (κ2) is 7.49. The number of hydrogen-bond acceptors (Lipinski definition) is 3. The van der Waals surface area contributed by atoms with Crippen molar-refractivity contribution in [1.29, 1.82) is 0 Å². The highest BCUT2D eigenvalue weighted by atomic mass is 19.4. The Kier molecular flexibility index (Phi) is 5.60. The minimum atomic E-state index is -4.57. The third-order valence-electron chi connectivity index (χ3n) is 3.22. The number of alkyl halides is 5. The molecule has 1 heterocycles. The molecular weight excluding hydrogens is 349 g/mol. The number of halogens is 5. The number of benzene rings is 1. The molecule has 0 bridgehead atoms. The number of ether oxygens (including phenoxy) is 1. The van der Waals surface area contributed by atoms with Crippen LogP contribution in [0.15, 0.2) is 36.5 Å².